The van der Waals surface area contributed by atoms with Gasteiger partial charge in [-0.05, 0) is 66.8 Å². The molecule has 1 atom stereocenters. The maximum absolute atomic E-state index is 12.4. The maximum atomic E-state index is 12.4. The number of carbonyl (C=O) groups excluding carboxylic acids is 2. The molecule has 0 radical (unpaired) electrons. The lowest BCUT2D eigenvalue weighted by molar-refractivity contribution is -0.125. The number of esters is 1. The standard InChI is InChI=1S/C24H24N2O6S/c27-23(26-22-9-3-6-17-5-1-2-8-21(17)22)16-32-24(28)18-10-12-20(13-11-18)33(29,30)25-15-19-7-4-14-31-19/h1-2,4-5,7-8,10-14,22,25H,3,6,9,15-16H2,(H,26,27)/t22-/m1/s1. The second-order valence-electron chi connectivity index (χ2n) is 7.72. The average Bonchev–Trinajstić information content (AvgIpc) is 3.36. The van der Waals surface area contributed by atoms with Gasteiger partial charge in [0.2, 0.25) is 10.0 Å². The zero-order valence-corrected chi connectivity index (χ0v) is 18.6. The molecule has 9 heteroatoms. The van der Waals surface area contributed by atoms with E-state index in [2.05, 4.69) is 16.1 Å². The van der Waals surface area contributed by atoms with Crippen molar-refractivity contribution >= 4 is 21.9 Å². The van der Waals surface area contributed by atoms with Crippen LogP contribution in [-0.2, 0) is 32.5 Å². The molecule has 1 aliphatic carbocycles. The van der Waals surface area contributed by atoms with Gasteiger partial charge in [-0.2, -0.15) is 0 Å². The van der Waals surface area contributed by atoms with E-state index < -0.39 is 22.6 Å². The summed E-state index contributed by atoms with van der Waals surface area (Å²) in [5.74, 6) is -0.609. The topological polar surface area (TPSA) is 115 Å². The van der Waals surface area contributed by atoms with Crippen LogP contribution < -0.4 is 10.0 Å². The molecule has 2 aromatic carbocycles. The third kappa shape index (κ3) is 5.68. The normalized spacial score (nSPS) is 15.5. The van der Waals surface area contributed by atoms with E-state index in [0.29, 0.717) is 5.76 Å². The molecular formula is C24H24N2O6S. The van der Waals surface area contributed by atoms with Crippen molar-refractivity contribution in [1.29, 1.82) is 0 Å². The van der Waals surface area contributed by atoms with Gasteiger partial charge in [0.05, 0.1) is 29.3 Å². The third-order valence-electron chi connectivity index (χ3n) is 5.46. The van der Waals surface area contributed by atoms with Gasteiger partial charge in [0, 0.05) is 0 Å². The average molecular weight is 469 g/mol. The second-order valence-corrected chi connectivity index (χ2v) is 9.48. The highest BCUT2D eigenvalue weighted by molar-refractivity contribution is 7.89. The van der Waals surface area contributed by atoms with Crippen LogP contribution in [0.25, 0.3) is 0 Å². The van der Waals surface area contributed by atoms with Crippen LogP contribution in [0.5, 0.6) is 0 Å². The van der Waals surface area contributed by atoms with Gasteiger partial charge in [0.1, 0.15) is 5.76 Å². The molecule has 172 valence electrons. The van der Waals surface area contributed by atoms with Crippen molar-refractivity contribution in [3.8, 4) is 0 Å². The van der Waals surface area contributed by atoms with Gasteiger partial charge in [-0.3, -0.25) is 4.79 Å². The number of aryl methyl sites for hydroxylation is 1. The van der Waals surface area contributed by atoms with E-state index in [1.807, 2.05) is 18.2 Å². The first kappa shape index (κ1) is 22.8. The Kier molecular flexibility index (Phi) is 6.90. The van der Waals surface area contributed by atoms with Gasteiger partial charge in [0.25, 0.3) is 5.91 Å². The number of carbonyl (C=O) groups is 2. The summed E-state index contributed by atoms with van der Waals surface area (Å²) >= 11 is 0. The van der Waals surface area contributed by atoms with E-state index in [9.17, 15) is 18.0 Å². The Morgan fingerprint density at radius 2 is 1.82 bits per heavy atom. The summed E-state index contributed by atoms with van der Waals surface area (Å²) in [6, 6.07) is 16.5. The lowest BCUT2D eigenvalue weighted by Crippen LogP contribution is -2.34. The summed E-state index contributed by atoms with van der Waals surface area (Å²) in [6.07, 6.45) is 4.26. The molecule has 33 heavy (non-hydrogen) atoms. The summed E-state index contributed by atoms with van der Waals surface area (Å²) in [6.45, 7) is -0.401. The number of fused-ring (bicyclic) bond motifs is 1. The molecule has 3 aromatic rings. The largest absolute Gasteiger partial charge is 0.468 e. The Morgan fingerprint density at radius 3 is 2.58 bits per heavy atom. The predicted molar refractivity (Wildman–Crippen MR) is 120 cm³/mol. The number of hydrogen-bond acceptors (Lipinski definition) is 6. The smallest absolute Gasteiger partial charge is 0.338 e. The molecule has 0 unspecified atom stereocenters. The molecule has 0 aliphatic heterocycles. The molecule has 0 spiro atoms. The Hall–Kier alpha value is -3.43. The SMILES string of the molecule is O=C(COC(=O)c1ccc(S(=O)(=O)NCc2ccco2)cc1)N[C@@H]1CCCc2ccccc21. The quantitative estimate of drug-likeness (QED) is 0.491. The summed E-state index contributed by atoms with van der Waals surface area (Å²) in [4.78, 5) is 24.6. The van der Waals surface area contributed by atoms with Crippen LogP contribution in [0.2, 0.25) is 0 Å². The fraction of sp³-hybridized carbons (Fsp3) is 0.250. The highest BCUT2D eigenvalue weighted by Gasteiger charge is 2.22. The van der Waals surface area contributed by atoms with E-state index in [4.69, 9.17) is 9.15 Å². The van der Waals surface area contributed by atoms with Gasteiger partial charge < -0.3 is 14.5 Å². The minimum atomic E-state index is -3.77. The van der Waals surface area contributed by atoms with Crippen molar-refractivity contribution in [1.82, 2.24) is 10.0 Å². The number of benzene rings is 2. The van der Waals surface area contributed by atoms with Crippen molar-refractivity contribution < 1.29 is 27.2 Å². The van der Waals surface area contributed by atoms with Crippen LogP contribution in [0.15, 0.2) is 76.2 Å². The fourth-order valence-electron chi connectivity index (χ4n) is 3.79. The number of ether oxygens (including phenoxy) is 1. The number of furan rings is 1. The van der Waals surface area contributed by atoms with Gasteiger partial charge in [-0.1, -0.05) is 24.3 Å². The fourth-order valence-corrected chi connectivity index (χ4v) is 4.78. The highest BCUT2D eigenvalue weighted by atomic mass is 32.2. The summed E-state index contributed by atoms with van der Waals surface area (Å²) in [5, 5.41) is 2.93. The number of amides is 1. The van der Waals surface area contributed by atoms with Crippen LogP contribution in [0.4, 0.5) is 0 Å². The number of nitrogens with one attached hydrogen (secondary N) is 2. The van der Waals surface area contributed by atoms with E-state index in [-0.39, 0.29) is 29.0 Å². The summed E-state index contributed by atoms with van der Waals surface area (Å²) in [7, 11) is -3.77. The Labute approximate surface area is 192 Å². The van der Waals surface area contributed by atoms with E-state index in [1.54, 1.807) is 12.1 Å². The van der Waals surface area contributed by atoms with Gasteiger partial charge in [0.15, 0.2) is 6.61 Å². The molecular weight excluding hydrogens is 444 g/mol. The molecule has 8 nitrogen and oxygen atoms in total. The molecule has 2 N–H and O–H groups in total. The van der Waals surface area contributed by atoms with Gasteiger partial charge >= 0.3 is 5.97 Å². The highest BCUT2D eigenvalue weighted by Crippen LogP contribution is 2.29. The van der Waals surface area contributed by atoms with Crippen LogP contribution in [0.3, 0.4) is 0 Å². The zero-order valence-electron chi connectivity index (χ0n) is 17.8. The lowest BCUT2D eigenvalue weighted by atomic mass is 9.88. The van der Waals surface area contributed by atoms with Crippen LogP contribution in [-0.4, -0.2) is 26.9 Å². The molecule has 0 saturated carbocycles. The van der Waals surface area contributed by atoms with Crippen LogP contribution in [0.1, 0.15) is 46.1 Å². The van der Waals surface area contributed by atoms with Crippen molar-refractivity contribution in [2.24, 2.45) is 0 Å². The van der Waals surface area contributed by atoms with Gasteiger partial charge in [-0.25, -0.2) is 17.9 Å². The summed E-state index contributed by atoms with van der Waals surface area (Å²) < 4.78 is 37.4. The van der Waals surface area contributed by atoms with Crippen molar-refractivity contribution in [2.75, 3.05) is 6.61 Å². The predicted octanol–water partition coefficient (Wildman–Crippen LogP) is 3.11. The molecule has 4 rings (SSSR count). The minimum Gasteiger partial charge on any atom is -0.468 e. The van der Waals surface area contributed by atoms with Crippen LogP contribution >= 0.6 is 0 Å². The number of sulfonamides is 1. The first-order valence-electron chi connectivity index (χ1n) is 10.6. The zero-order chi connectivity index (χ0) is 23.3. The first-order valence-corrected chi connectivity index (χ1v) is 12.1. The lowest BCUT2D eigenvalue weighted by Gasteiger charge is -2.26. The second kappa shape index (κ2) is 10.0. The van der Waals surface area contributed by atoms with Crippen LogP contribution in [0, 0.1) is 0 Å². The van der Waals surface area contributed by atoms with E-state index >= 15 is 0 Å². The summed E-state index contributed by atoms with van der Waals surface area (Å²) in [5.41, 5.74) is 2.47. The maximum Gasteiger partial charge on any atom is 0.338 e. The van der Waals surface area contributed by atoms with Crippen molar-refractivity contribution in [3.05, 3.63) is 89.4 Å². The minimum absolute atomic E-state index is 0.000636. The van der Waals surface area contributed by atoms with E-state index in [1.165, 1.54) is 36.1 Å². The molecule has 0 fully saturated rings. The molecule has 0 bridgehead atoms. The first-order chi connectivity index (χ1) is 15.9. The Balaban J connectivity index is 1.29. The monoisotopic (exact) mass is 468 g/mol. The van der Waals surface area contributed by atoms with E-state index in [0.717, 1.165) is 24.8 Å². The molecule has 0 saturated heterocycles. The number of rotatable bonds is 8. The molecule has 1 aliphatic rings. The Bertz CT molecular complexity index is 1220. The molecule has 1 heterocycles. The number of hydrogen-bond donors (Lipinski definition) is 2. The van der Waals surface area contributed by atoms with Gasteiger partial charge in [-0.15, -0.1) is 0 Å². The molecule has 1 aromatic heterocycles. The Morgan fingerprint density at radius 1 is 1.03 bits per heavy atom. The molecule has 1 amide bonds. The third-order valence-corrected chi connectivity index (χ3v) is 6.87. The van der Waals surface area contributed by atoms with Crippen molar-refractivity contribution in [2.45, 2.75) is 36.7 Å². The van der Waals surface area contributed by atoms with Crippen molar-refractivity contribution in [3.63, 3.8) is 0 Å².